The molecule has 0 spiro atoms. The molecule has 3 rings (SSSR count). The quantitative estimate of drug-likeness (QED) is 0.829. The Kier molecular flexibility index (Phi) is 5.35. The fourth-order valence-corrected chi connectivity index (χ4v) is 2.90. The first-order valence-electron chi connectivity index (χ1n) is 8.11. The number of hydrogen-bond donors (Lipinski definition) is 0. The number of halogens is 1. The van der Waals surface area contributed by atoms with E-state index in [9.17, 15) is 0 Å². The molecular weight excluding hydrogens is 326 g/mol. The van der Waals surface area contributed by atoms with E-state index in [-0.39, 0.29) is 0 Å². The highest BCUT2D eigenvalue weighted by molar-refractivity contribution is 6.31. The molecule has 6 nitrogen and oxygen atoms in total. The number of aromatic nitrogens is 3. The molecular formula is C17H22ClN5O. The van der Waals surface area contributed by atoms with E-state index in [0.29, 0.717) is 23.3 Å². The molecule has 2 aromatic heterocycles. The number of rotatable bonds is 5. The van der Waals surface area contributed by atoms with Gasteiger partial charge in [0.2, 0.25) is 5.95 Å². The van der Waals surface area contributed by atoms with Gasteiger partial charge < -0.3 is 14.5 Å². The standard InChI is InChI=1S/C17H22ClN5O/c1-22(2)16-4-8-20-17(21-16)23-9-5-13(6-10-23)12-24-15-3-7-19-11-14(15)18/h3-4,7-8,11,13H,5-6,9-10,12H2,1-2H3. The third-order valence-electron chi connectivity index (χ3n) is 4.19. The summed E-state index contributed by atoms with van der Waals surface area (Å²) >= 11 is 6.07. The third-order valence-corrected chi connectivity index (χ3v) is 4.48. The van der Waals surface area contributed by atoms with Crippen molar-refractivity contribution in [2.75, 3.05) is 43.6 Å². The molecule has 0 amide bonds. The maximum atomic E-state index is 6.07. The van der Waals surface area contributed by atoms with Crippen molar-refractivity contribution in [3.05, 3.63) is 35.7 Å². The van der Waals surface area contributed by atoms with Crippen LogP contribution in [-0.2, 0) is 0 Å². The number of nitrogens with zero attached hydrogens (tertiary/aromatic N) is 5. The molecule has 1 saturated heterocycles. The molecule has 2 aromatic rings. The van der Waals surface area contributed by atoms with Gasteiger partial charge in [0.1, 0.15) is 16.6 Å². The highest BCUT2D eigenvalue weighted by Crippen LogP contribution is 2.26. The van der Waals surface area contributed by atoms with Crippen LogP contribution in [0.3, 0.4) is 0 Å². The van der Waals surface area contributed by atoms with Gasteiger partial charge in [0.15, 0.2) is 0 Å². The monoisotopic (exact) mass is 347 g/mol. The predicted octanol–water partition coefficient (Wildman–Crippen LogP) is 2.89. The summed E-state index contributed by atoms with van der Waals surface area (Å²) in [5, 5.41) is 0.559. The molecule has 0 N–H and O–H groups in total. The minimum atomic E-state index is 0.516. The largest absolute Gasteiger partial charge is 0.492 e. The van der Waals surface area contributed by atoms with Gasteiger partial charge in [-0.2, -0.15) is 4.98 Å². The molecule has 7 heteroatoms. The van der Waals surface area contributed by atoms with Gasteiger partial charge in [-0.3, -0.25) is 4.98 Å². The number of hydrogen-bond acceptors (Lipinski definition) is 6. The molecule has 24 heavy (non-hydrogen) atoms. The Bertz CT molecular complexity index is 674. The lowest BCUT2D eigenvalue weighted by atomic mass is 9.98. The molecule has 128 valence electrons. The predicted molar refractivity (Wildman–Crippen MR) is 96.0 cm³/mol. The summed E-state index contributed by atoms with van der Waals surface area (Å²) in [5.41, 5.74) is 0. The van der Waals surface area contributed by atoms with Crippen molar-refractivity contribution in [2.24, 2.45) is 5.92 Å². The van der Waals surface area contributed by atoms with Crippen LogP contribution in [-0.4, -0.2) is 48.7 Å². The SMILES string of the molecule is CN(C)c1ccnc(N2CCC(COc3ccncc3Cl)CC2)n1. The lowest BCUT2D eigenvalue weighted by Gasteiger charge is -2.32. The Morgan fingerprint density at radius 3 is 2.75 bits per heavy atom. The van der Waals surface area contributed by atoms with E-state index in [4.69, 9.17) is 16.3 Å². The molecule has 3 heterocycles. The van der Waals surface area contributed by atoms with Crippen molar-refractivity contribution >= 4 is 23.4 Å². The number of pyridine rings is 1. The van der Waals surface area contributed by atoms with Crippen molar-refractivity contribution in [1.29, 1.82) is 0 Å². The number of piperidine rings is 1. The van der Waals surface area contributed by atoms with Crippen LogP contribution in [0.15, 0.2) is 30.7 Å². The molecule has 1 aliphatic rings. The first-order chi connectivity index (χ1) is 11.6. The van der Waals surface area contributed by atoms with Crippen molar-refractivity contribution in [1.82, 2.24) is 15.0 Å². The molecule has 0 unspecified atom stereocenters. The summed E-state index contributed by atoms with van der Waals surface area (Å²) in [6, 6.07) is 3.72. The summed E-state index contributed by atoms with van der Waals surface area (Å²) in [7, 11) is 3.97. The Hall–Kier alpha value is -2.08. The van der Waals surface area contributed by atoms with Crippen molar-refractivity contribution in [3.63, 3.8) is 0 Å². The molecule has 0 saturated carbocycles. The molecule has 1 fully saturated rings. The normalized spacial score (nSPS) is 15.4. The van der Waals surface area contributed by atoms with Crippen LogP contribution in [0.2, 0.25) is 5.02 Å². The zero-order valence-corrected chi connectivity index (χ0v) is 14.8. The minimum Gasteiger partial charge on any atom is -0.492 e. The van der Waals surface area contributed by atoms with E-state index in [1.54, 1.807) is 18.5 Å². The van der Waals surface area contributed by atoms with Gasteiger partial charge in [-0.25, -0.2) is 4.98 Å². The van der Waals surface area contributed by atoms with Crippen LogP contribution in [0, 0.1) is 5.92 Å². The Morgan fingerprint density at radius 2 is 2.04 bits per heavy atom. The van der Waals surface area contributed by atoms with Crippen LogP contribution < -0.4 is 14.5 Å². The van der Waals surface area contributed by atoms with Gasteiger partial charge >= 0.3 is 0 Å². The maximum absolute atomic E-state index is 6.07. The molecule has 0 aromatic carbocycles. The van der Waals surface area contributed by atoms with Gasteiger partial charge in [-0.05, 0) is 24.8 Å². The highest BCUT2D eigenvalue weighted by atomic mass is 35.5. The second-order valence-corrected chi connectivity index (χ2v) is 6.56. The minimum absolute atomic E-state index is 0.516. The second kappa shape index (κ2) is 7.66. The Labute approximate surface area is 147 Å². The lowest BCUT2D eigenvalue weighted by Crippen LogP contribution is -2.36. The number of anilines is 2. The van der Waals surface area contributed by atoms with E-state index in [1.165, 1.54) is 0 Å². The van der Waals surface area contributed by atoms with E-state index in [2.05, 4.69) is 19.9 Å². The van der Waals surface area contributed by atoms with E-state index >= 15 is 0 Å². The molecule has 1 aliphatic heterocycles. The van der Waals surface area contributed by atoms with Gasteiger partial charge in [0.25, 0.3) is 0 Å². The van der Waals surface area contributed by atoms with Gasteiger partial charge in [0, 0.05) is 51.8 Å². The molecule has 0 aliphatic carbocycles. The van der Waals surface area contributed by atoms with Gasteiger partial charge in [-0.1, -0.05) is 11.6 Å². The van der Waals surface area contributed by atoms with Crippen molar-refractivity contribution in [2.45, 2.75) is 12.8 Å². The van der Waals surface area contributed by atoms with Gasteiger partial charge in [0.05, 0.1) is 6.61 Å². The summed E-state index contributed by atoms with van der Waals surface area (Å²) in [5.74, 6) is 2.95. The van der Waals surface area contributed by atoms with E-state index in [0.717, 1.165) is 37.7 Å². The van der Waals surface area contributed by atoms with Crippen LogP contribution in [0.25, 0.3) is 0 Å². The lowest BCUT2D eigenvalue weighted by molar-refractivity contribution is 0.222. The first kappa shape index (κ1) is 16.8. The average molecular weight is 348 g/mol. The van der Waals surface area contributed by atoms with Gasteiger partial charge in [-0.15, -0.1) is 0 Å². The molecule has 0 radical (unpaired) electrons. The van der Waals surface area contributed by atoms with E-state index < -0.39 is 0 Å². The highest BCUT2D eigenvalue weighted by Gasteiger charge is 2.22. The van der Waals surface area contributed by atoms with E-state index in [1.807, 2.05) is 31.3 Å². The molecule has 0 atom stereocenters. The number of ether oxygens (including phenoxy) is 1. The maximum Gasteiger partial charge on any atom is 0.227 e. The smallest absolute Gasteiger partial charge is 0.227 e. The Balaban J connectivity index is 1.52. The zero-order chi connectivity index (χ0) is 16.9. The Morgan fingerprint density at radius 1 is 1.25 bits per heavy atom. The summed E-state index contributed by atoms with van der Waals surface area (Å²) in [6.45, 7) is 2.56. The average Bonchev–Trinajstić information content (AvgIpc) is 2.61. The van der Waals surface area contributed by atoms with Crippen LogP contribution >= 0.6 is 11.6 Å². The van der Waals surface area contributed by atoms with Crippen LogP contribution in [0.5, 0.6) is 5.75 Å². The fourth-order valence-electron chi connectivity index (χ4n) is 2.73. The topological polar surface area (TPSA) is 54.4 Å². The summed E-state index contributed by atoms with van der Waals surface area (Å²) in [6.07, 6.45) is 7.22. The second-order valence-electron chi connectivity index (χ2n) is 6.16. The fraction of sp³-hybridized carbons (Fsp3) is 0.471. The van der Waals surface area contributed by atoms with Crippen LogP contribution in [0.1, 0.15) is 12.8 Å². The van der Waals surface area contributed by atoms with Crippen molar-refractivity contribution in [3.8, 4) is 5.75 Å². The zero-order valence-electron chi connectivity index (χ0n) is 14.0. The molecule has 0 bridgehead atoms. The summed E-state index contributed by atoms with van der Waals surface area (Å²) in [4.78, 5) is 17.2. The van der Waals surface area contributed by atoms with Crippen molar-refractivity contribution < 1.29 is 4.74 Å². The summed E-state index contributed by atoms with van der Waals surface area (Å²) < 4.78 is 5.84. The first-order valence-corrected chi connectivity index (χ1v) is 8.49. The third kappa shape index (κ3) is 4.06. The van der Waals surface area contributed by atoms with Crippen LogP contribution in [0.4, 0.5) is 11.8 Å².